The van der Waals surface area contributed by atoms with Crippen LogP contribution in [0.2, 0.25) is 0 Å². The fourth-order valence-corrected chi connectivity index (χ4v) is 4.06. The van der Waals surface area contributed by atoms with Crippen molar-refractivity contribution in [2.45, 2.75) is 63.6 Å². The highest BCUT2D eigenvalue weighted by Crippen LogP contribution is 2.45. The van der Waals surface area contributed by atoms with Crippen LogP contribution in [-0.4, -0.2) is 72.7 Å². The van der Waals surface area contributed by atoms with E-state index in [2.05, 4.69) is 11.8 Å². The molecule has 0 aromatic heterocycles. The Morgan fingerprint density at radius 2 is 1.78 bits per heavy atom. The molecular weight excluding hydrogens is 350 g/mol. The maximum absolute atomic E-state index is 9.33. The summed E-state index contributed by atoms with van der Waals surface area (Å²) in [7, 11) is 0. The number of hydrogen-bond donors (Lipinski definition) is 1. The molecule has 0 bridgehead atoms. The van der Waals surface area contributed by atoms with Gasteiger partial charge in [-0.25, -0.2) is 0 Å². The van der Waals surface area contributed by atoms with Crippen molar-refractivity contribution in [3.8, 4) is 0 Å². The summed E-state index contributed by atoms with van der Waals surface area (Å²) in [4.78, 5) is 2.15. The molecule has 0 spiro atoms. The van der Waals surface area contributed by atoms with Gasteiger partial charge in [0.15, 0.2) is 18.4 Å². The Bertz CT molecular complexity index is 626. The predicted molar refractivity (Wildman–Crippen MR) is 96.8 cm³/mol. The Hall–Kier alpha value is -1.06. The summed E-state index contributed by atoms with van der Waals surface area (Å²) in [5.41, 5.74) is 0.966. The summed E-state index contributed by atoms with van der Waals surface area (Å²) in [6.45, 7) is 8.01. The van der Waals surface area contributed by atoms with E-state index in [1.54, 1.807) is 0 Å². The van der Waals surface area contributed by atoms with Crippen molar-refractivity contribution in [3.63, 3.8) is 0 Å². The smallest absolute Gasteiger partial charge is 0.190 e. The van der Waals surface area contributed by atoms with Crippen LogP contribution in [0.1, 0.15) is 32.6 Å². The Morgan fingerprint density at radius 1 is 1.00 bits per heavy atom. The number of ether oxygens (including phenoxy) is 5. The number of benzene rings is 1. The first-order chi connectivity index (χ1) is 13.0. The lowest BCUT2D eigenvalue weighted by atomic mass is 10.0. The molecule has 3 aliphatic rings. The van der Waals surface area contributed by atoms with Crippen LogP contribution in [0.15, 0.2) is 30.3 Å². The van der Waals surface area contributed by atoms with Crippen LogP contribution in [0.4, 0.5) is 0 Å². The second-order valence-electron chi connectivity index (χ2n) is 7.70. The predicted octanol–water partition coefficient (Wildman–Crippen LogP) is 1.66. The Balaban J connectivity index is 1.57. The second-order valence-corrected chi connectivity index (χ2v) is 7.70. The minimum atomic E-state index is -0.688. The SMILES string of the molecule is CCN(CCO)C[C@@H]1O[C@@H](c2ccccc2)O[C@@H]2[C@H]3OC(C)(C)O[C@@H]3O[C@@H]21. The molecule has 27 heavy (non-hydrogen) atoms. The monoisotopic (exact) mass is 379 g/mol. The molecule has 0 amide bonds. The van der Waals surface area contributed by atoms with Gasteiger partial charge in [0.2, 0.25) is 0 Å². The molecule has 1 aromatic carbocycles. The fraction of sp³-hybridized carbons (Fsp3) is 0.700. The van der Waals surface area contributed by atoms with Crippen molar-refractivity contribution >= 4 is 0 Å². The van der Waals surface area contributed by atoms with Crippen LogP contribution in [0.25, 0.3) is 0 Å². The van der Waals surface area contributed by atoms with Gasteiger partial charge in [0.1, 0.15) is 24.4 Å². The van der Waals surface area contributed by atoms with E-state index in [0.717, 1.165) is 12.1 Å². The van der Waals surface area contributed by atoms with Crippen molar-refractivity contribution in [2.75, 3.05) is 26.2 Å². The van der Waals surface area contributed by atoms with Gasteiger partial charge in [0, 0.05) is 18.7 Å². The van der Waals surface area contributed by atoms with Gasteiger partial charge in [-0.15, -0.1) is 0 Å². The zero-order chi connectivity index (χ0) is 19.0. The molecule has 0 aliphatic carbocycles. The lowest BCUT2D eigenvalue weighted by Crippen LogP contribution is -2.53. The zero-order valence-electron chi connectivity index (χ0n) is 16.1. The van der Waals surface area contributed by atoms with Crippen LogP contribution < -0.4 is 0 Å². The van der Waals surface area contributed by atoms with Crippen molar-refractivity contribution in [1.82, 2.24) is 4.90 Å². The van der Waals surface area contributed by atoms with Gasteiger partial charge in [0.25, 0.3) is 0 Å². The van der Waals surface area contributed by atoms with E-state index in [4.69, 9.17) is 23.7 Å². The molecule has 7 nitrogen and oxygen atoms in total. The molecule has 0 saturated carbocycles. The Morgan fingerprint density at radius 3 is 2.48 bits per heavy atom. The molecule has 0 radical (unpaired) electrons. The van der Waals surface area contributed by atoms with Gasteiger partial charge in [0.05, 0.1) is 6.61 Å². The second kappa shape index (κ2) is 7.75. The van der Waals surface area contributed by atoms with E-state index in [-0.39, 0.29) is 31.0 Å². The summed E-state index contributed by atoms with van der Waals surface area (Å²) in [5.74, 6) is -0.688. The lowest BCUT2D eigenvalue weighted by molar-refractivity contribution is -0.311. The molecular formula is C20H29NO6. The number of nitrogens with zero attached hydrogens (tertiary/aromatic N) is 1. The molecule has 1 N–H and O–H groups in total. The van der Waals surface area contributed by atoms with E-state index in [1.165, 1.54) is 0 Å². The van der Waals surface area contributed by atoms with Gasteiger partial charge >= 0.3 is 0 Å². The third-order valence-electron chi connectivity index (χ3n) is 5.35. The van der Waals surface area contributed by atoms with Gasteiger partial charge in [-0.2, -0.15) is 0 Å². The van der Waals surface area contributed by atoms with Crippen molar-refractivity contribution in [2.24, 2.45) is 0 Å². The van der Waals surface area contributed by atoms with E-state index in [9.17, 15) is 5.11 Å². The van der Waals surface area contributed by atoms with Crippen LogP contribution in [0.5, 0.6) is 0 Å². The minimum Gasteiger partial charge on any atom is -0.395 e. The van der Waals surface area contributed by atoms with Gasteiger partial charge in [-0.1, -0.05) is 37.3 Å². The van der Waals surface area contributed by atoms with Crippen LogP contribution in [0.3, 0.4) is 0 Å². The third kappa shape index (κ3) is 3.91. The maximum atomic E-state index is 9.33. The average molecular weight is 379 g/mol. The molecule has 1 aromatic rings. The van der Waals surface area contributed by atoms with E-state index in [1.807, 2.05) is 44.2 Å². The summed E-state index contributed by atoms with van der Waals surface area (Å²) in [5, 5.41) is 9.33. The number of rotatable bonds is 6. The molecule has 3 aliphatic heterocycles. The number of aliphatic hydroxyl groups is 1. The maximum Gasteiger partial charge on any atom is 0.190 e. The third-order valence-corrected chi connectivity index (χ3v) is 5.35. The summed E-state index contributed by atoms with van der Waals surface area (Å²) in [6.07, 6.45) is -1.97. The van der Waals surface area contributed by atoms with Gasteiger partial charge in [-0.05, 0) is 20.4 Å². The highest BCUT2D eigenvalue weighted by atomic mass is 16.9. The Labute approximate surface area is 160 Å². The largest absolute Gasteiger partial charge is 0.395 e. The molecule has 0 unspecified atom stereocenters. The first-order valence-corrected chi connectivity index (χ1v) is 9.71. The number of aliphatic hydroxyl groups excluding tert-OH is 1. The van der Waals surface area contributed by atoms with Crippen molar-refractivity contribution in [1.29, 1.82) is 0 Å². The number of fused-ring (bicyclic) bond motifs is 3. The molecule has 150 valence electrons. The molecule has 6 atom stereocenters. The standard InChI is InChI=1S/C20H29NO6/c1-4-21(10-11-22)12-14-15-16(17-19(24-15)27-20(2,3)26-17)25-18(23-14)13-8-6-5-7-9-13/h5-9,14-19,22H,4,10-12H2,1-3H3/t14-,15+,16-,17+,18+,19-/m0/s1. The normalized spacial score (nSPS) is 37.4. The molecule has 4 rings (SSSR count). The fourth-order valence-electron chi connectivity index (χ4n) is 4.06. The average Bonchev–Trinajstić information content (AvgIpc) is 3.14. The quantitative estimate of drug-likeness (QED) is 0.806. The molecule has 3 heterocycles. The van der Waals surface area contributed by atoms with Crippen LogP contribution >= 0.6 is 0 Å². The highest BCUT2D eigenvalue weighted by Gasteiger charge is 2.60. The van der Waals surface area contributed by atoms with Crippen molar-refractivity contribution < 1.29 is 28.8 Å². The van der Waals surface area contributed by atoms with E-state index >= 15 is 0 Å². The topological polar surface area (TPSA) is 69.6 Å². The van der Waals surface area contributed by atoms with E-state index in [0.29, 0.717) is 13.1 Å². The summed E-state index contributed by atoms with van der Waals surface area (Å²) in [6, 6.07) is 9.91. The minimum absolute atomic E-state index is 0.111. The van der Waals surface area contributed by atoms with Crippen molar-refractivity contribution in [3.05, 3.63) is 35.9 Å². The lowest BCUT2D eigenvalue weighted by Gasteiger charge is -2.41. The highest BCUT2D eigenvalue weighted by molar-refractivity contribution is 5.17. The van der Waals surface area contributed by atoms with Crippen LogP contribution in [-0.2, 0) is 23.7 Å². The summed E-state index contributed by atoms with van der Waals surface area (Å²) >= 11 is 0. The van der Waals surface area contributed by atoms with E-state index < -0.39 is 18.4 Å². The first-order valence-electron chi connectivity index (χ1n) is 9.71. The molecule has 3 fully saturated rings. The zero-order valence-corrected chi connectivity index (χ0v) is 16.1. The molecule has 7 heteroatoms. The first kappa shape index (κ1) is 19.3. The summed E-state index contributed by atoms with van der Waals surface area (Å²) < 4.78 is 30.7. The Kier molecular flexibility index (Phi) is 5.53. The number of likely N-dealkylation sites (N-methyl/N-ethyl adjacent to an activating group) is 1. The van der Waals surface area contributed by atoms with Gasteiger partial charge < -0.3 is 28.8 Å². The van der Waals surface area contributed by atoms with Crippen LogP contribution in [0, 0.1) is 0 Å². The number of hydrogen-bond acceptors (Lipinski definition) is 7. The van der Waals surface area contributed by atoms with Gasteiger partial charge in [-0.3, -0.25) is 4.90 Å². The molecule has 3 saturated heterocycles.